The Bertz CT molecular complexity index is 765. The molecule has 27 heavy (non-hydrogen) atoms. The van der Waals surface area contributed by atoms with Crippen molar-refractivity contribution >= 4 is 5.91 Å². The van der Waals surface area contributed by atoms with Crippen LogP contribution in [0.2, 0.25) is 0 Å². The average molecular weight is 367 g/mol. The number of benzene rings is 1. The SMILES string of the molecule is O=C(NCCCN1CCc2ccccc2C1)c1ccn(C2CCCNC2)n1. The highest BCUT2D eigenvalue weighted by molar-refractivity contribution is 5.92. The molecular formula is C21H29N5O. The Morgan fingerprint density at radius 3 is 3.00 bits per heavy atom. The summed E-state index contributed by atoms with van der Waals surface area (Å²) in [4.78, 5) is 14.8. The third-order valence-corrected chi connectivity index (χ3v) is 5.63. The summed E-state index contributed by atoms with van der Waals surface area (Å²) in [6.45, 7) is 5.83. The minimum Gasteiger partial charge on any atom is -0.351 e. The molecule has 6 nitrogen and oxygen atoms in total. The van der Waals surface area contributed by atoms with E-state index < -0.39 is 0 Å². The molecular weight excluding hydrogens is 338 g/mol. The van der Waals surface area contributed by atoms with E-state index in [9.17, 15) is 4.79 Å². The lowest BCUT2D eigenvalue weighted by atomic mass is 10.00. The third-order valence-electron chi connectivity index (χ3n) is 5.63. The molecule has 3 heterocycles. The minimum atomic E-state index is -0.0680. The Morgan fingerprint density at radius 1 is 1.26 bits per heavy atom. The Hall–Kier alpha value is -2.18. The fraction of sp³-hybridized carbons (Fsp3) is 0.524. The van der Waals surface area contributed by atoms with E-state index in [4.69, 9.17) is 0 Å². The van der Waals surface area contributed by atoms with Gasteiger partial charge in [-0.05, 0) is 49.4 Å². The van der Waals surface area contributed by atoms with Gasteiger partial charge in [0.2, 0.25) is 0 Å². The number of carbonyl (C=O) groups excluding carboxylic acids is 1. The fourth-order valence-corrected chi connectivity index (χ4v) is 4.06. The maximum atomic E-state index is 12.3. The normalized spacial score (nSPS) is 20.2. The molecule has 1 aromatic carbocycles. The van der Waals surface area contributed by atoms with Gasteiger partial charge in [0.15, 0.2) is 0 Å². The van der Waals surface area contributed by atoms with E-state index in [-0.39, 0.29) is 5.91 Å². The molecule has 1 fully saturated rings. The molecule has 1 atom stereocenters. The van der Waals surface area contributed by atoms with E-state index in [1.165, 1.54) is 11.1 Å². The third kappa shape index (κ3) is 4.57. The Balaban J connectivity index is 1.19. The van der Waals surface area contributed by atoms with E-state index in [1.807, 2.05) is 16.9 Å². The van der Waals surface area contributed by atoms with E-state index in [1.54, 1.807) is 0 Å². The number of hydrogen-bond acceptors (Lipinski definition) is 4. The van der Waals surface area contributed by atoms with Gasteiger partial charge < -0.3 is 10.6 Å². The summed E-state index contributed by atoms with van der Waals surface area (Å²) in [5, 5.41) is 10.9. The van der Waals surface area contributed by atoms with Crippen molar-refractivity contribution in [3.05, 3.63) is 53.3 Å². The zero-order valence-electron chi connectivity index (χ0n) is 15.9. The molecule has 1 unspecified atom stereocenters. The molecule has 2 aliphatic rings. The van der Waals surface area contributed by atoms with Crippen molar-refractivity contribution in [2.75, 3.05) is 32.7 Å². The number of piperidine rings is 1. The van der Waals surface area contributed by atoms with Gasteiger partial charge in [-0.15, -0.1) is 0 Å². The van der Waals surface area contributed by atoms with E-state index in [0.29, 0.717) is 18.3 Å². The molecule has 4 rings (SSSR count). The molecule has 0 radical (unpaired) electrons. The van der Waals surface area contributed by atoms with Crippen LogP contribution in [0.15, 0.2) is 36.5 Å². The summed E-state index contributed by atoms with van der Waals surface area (Å²) in [5.74, 6) is -0.0680. The van der Waals surface area contributed by atoms with Crippen LogP contribution in [0.5, 0.6) is 0 Å². The van der Waals surface area contributed by atoms with Crippen molar-refractivity contribution in [1.82, 2.24) is 25.3 Å². The monoisotopic (exact) mass is 367 g/mol. The highest BCUT2D eigenvalue weighted by Crippen LogP contribution is 2.18. The van der Waals surface area contributed by atoms with Gasteiger partial charge in [0.25, 0.3) is 5.91 Å². The van der Waals surface area contributed by atoms with E-state index >= 15 is 0 Å². The molecule has 1 aromatic heterocycles. The molecule has 144 valence electrons. The number of amides is 1. The standard InChI is InChI=1S/C21H29N5O/c27-21(20-9-14-26(24-20)19-7-3-10-22-15-19)23-11-4-12-25-13-8-17-5-1-2-6-18(17)16-25/h1-2,5-6,9,14,19,22H,3-4,7-8,10-13,15-16H2,(H,23,27). The molecule has 0 bridgehead atoms. The smallest absolute Gasteiger partial charge is 0.271 e. The lowest BCUT2D eigenvalue weighted by Crippen LogP contribution is -2.34. The summed E-state index contributed by atoms with van der Waals surface area (Å²) in [6.07, 6.45) is 6.29. The number of rotatable bonds is 6. The Labute approximate surface area is 160 Å². The number of nitrogens with one attached hydrogen (secondary N) is 2. The van der Waals surface area contributed by atoms with Crippen molar-refractivity contribution in [2.45, 2.75) is 38.3 Å². The maximum Gasteiger partial charge on any atom is 0.271 e. The van der Waals surface area contributed by atoms with Gasteiger partial charge >= 0.3 is 0 Å². The van der Waals surface area contributed by atoms with Crippen molar-refractivity contribution in [1.29, 1.82) is 0 Å². The summed E-state index contributed by atoms with van der Waals surface area (Å²) < 4.78 is 1.94. The zero-order chi connectivity index (χ0) is 18.5. The second-order valence-corrected chi connectivity index (χ2v) is 7.59. The fourth-order valence-electron chi connectivity index (χ4n) is 4.06. The van der Waals surface area contributed by atoms with Crippen molar-refractivity contribution < 1.29 is 4.79 Å². The van der Waals surface area contributed by atoms with E-state index in [2.05, 4.69) is 44.9 Å². The summed E-state index contributed by atoms with van der Waals surface area (Å²) >= 11 is 0. The largest absolute Gasteiger partial charge is 0.351 e. The maximum absolute atomic E-state index is 12.3. The summed E-state index contributed by atoms with van der Waals surface area (Å²) in [5.41, 5.74) is 3.44. The molecule has 0 aliphatic carbocycles. The number of aromatic nitrogens is 2. The minimum absolute atomic E-state index is 0.0680. The van der Waals surface area contributed by atoms with Gasteiger partial charge in [0.1, 0.15) is 5.69 Å². The zero-order valence-corrected chi connectivity index (χ0v) is 15.9. The lowest BCUT2D eigenvalue weighted by molar-refractivity contribution is 0.0945. The van der Waals surface area contributed by atoms with Gasteiger partial charge in [-0.3, -0.25) is 14.4 Å². The molecule has 0 spiro atoms. The van der Waals surface area contributed by atoms with Crippen molar-refractivity contribution in [3.63, 3.8) is 0 Å². The second kappa shape index (κ2) is 8.67. The van der Waals surface area contributed by atoms with Gasteiger partial charge in [0.05, 0.1) is 6.04 Å². The molecule has 2 N–H and O–H groups in total. The molecule has 2 aromatic rings. The first-order valence-corrected chi connectivity index (χ1v) is 10.1. The molecule has 0 saturated carbocycles. The van der Waals surface area contributed by atoms with Crippen LogP contribution in [0.25, 0.3) is 0 Å². The Kier molecular flexibility index (Phi) is 5.84. The number of fused-ring (bicyclic) bond motifs is 1. The second-order valence-electron chi connectivity index (χ2n) is 7.59. The molecule has 6 heteroatoms. The van der Waals surface area contributed by atoms with Crippen LogP contribution in [0.3, 0.4) is 0 Å². The number of carbonyl (C=O) groups is 1. The van der Waals surface area contributed by atoms with Crippen LogP contribution >= 0.6 is 0 Å². The predicted molar refractivity (Wildman–Crippen MR) is 106 cm³/mol. The van der Waals surface area contributed by atoms with Gasteiger partial charge in [-0.25, -0.2) is 0 Å². The number of nitrogens with zero attached hydrogens (tertiary/aromatic N) is 3. The topological polar surface area (TPSA) is 62.2 Å². The molecule has 2 aliphatic heterocycles. The first-order chi connectivity index (χ1) is 13.3. The quantitative estimate of drug-likeness (QED) is 0.767. The highest BCUT2D eigenvalue weighted by atomic mass is 16.1. The lowest BCUT2D eigenvalue weighted by Gasteiger charge is -2.28. The van der Waals surface area contributed by atoms with Crippen molar-refractivity contribution in [2.24, 2.45) is 0 Å². The van der Waals surface area contributed by atoms with Crippen LogP contribution in [-0.2, 0) is 13.0 Å². The Morgan fingerprint density at radius 2 is 2.15 bits per heavy atom. The van der Waals surface area contributed by atoms with Crippen LogP contribution < -0.4 is 10.6 Å². The van der Waals surface area contributed by atoms with Crippen LogP contribution in [0, 0.1) is 0 Å². The highest BCUT2D eigenvalue weighted by Gasteiger charge is 2.18. The van der Waals surface area contributed by atoms with Crippen LogP contribution in [0.1, 0.15) is 46.9 Å². The molecule has 1 amide bonds. The first-order valence-electron chi connectivity index (χ1n) is 10.1. The number of hydrogen-bond donors (Lipinski definition) is 2. The average Bonchev–Trinajstić information content (AvgIpc) is 3.22. The van der Waals surface area contributed by atoms with Crippen LogP contribution in [-0.4, -0.2) is 53.3 Å². The molecule has 1 saturated heterocycles. The van der Waals surface area contributed by atoms with Crippen LogP contribution in [0.4, 0.5) is 0 Å². The van der Waals surface area contributed by atoms with E-state index in [0.717, 1.165) is 58.4 Å². The summed E-state index contributed by atoms with van der Waals surface area (Å²) in [7, 11) is 0. The summed E-state index contributed by atoms with van der Waals surface area (Å²) in [6, 6.07) is 10.9. The van der Waals surface area contributed by atoms with Gasteiger partial charge in [-0.1, -0.05) is 24.3 Å². The van der Waals surface area contributed by atoms with Crippen molar-refractivity contribution in [3.8, 4) is 0 Å². The predicted octanol–water partition coefficient (Wildman–Crippen LogP) is 1.99. The first kappa shape index (κ1) is 18.2. The van der Waals surface area contributed by atoms with Gasteiger partial charge in [0, 0.05) is 38.9 Å². The van der Waals surface area contributed by atoms with Gasteiger partial charge in [-0.2, -0.15) is 5.10 Å².